The Bertz CT molecular complexity index is 482. The first-order chi connectivity index (χ1) is 7.16. The number of halogens is 2. The Hall–Kier alpha value is -1.91. The van der Waals surface area contributed by atoms with Crippen molar-refractivity contribution in [3.63, 3.8) is 0 Å². The zero-order valence-corrected chi connectivity index (χ0v) is 7.87. The number of ether oxygens (including phenoxy) is 1. The fourth-order valence-corrected chi connectivity index (χ4v) is 1.08. The van der Waals surface area contributed by atoms with E-state index in [0.717, 1.165) is 6.07 Å². The quantitative estimate of drug-likeness (QED) is 0.758. The molecule has 0 unspecified atom stereocenters. The molecule has 0 aliphatic heterocycles. The van der Waals surface area contributed by atoms with Crippen molar-refractivity contribution in [2.24, 2.45) is 7.05 Å². The van der Waals surface area contributed by atoms with Crippen LogP contribution >= 0.6 is 0 Å². The van der Waals surface area contributed by atoms with Gasteiger partial charge in [-0.1, -0.05) is 6.07 Å². The molecule has 3 nitrogen and oxygen atoms in total. The molecule has 5 heteroatoms. The van der Waals surface area contributed by atoms with Crippen LogP contribution < -0.4 is 4.74 Å². The minimum absolute atomic E-state index is 0.169. The maximum Gasteiger partial charge on any atom is 0.239 e. The van der Waals surface area contributed by atoms with Crippen LogP contribution in [0.4, 0.5) is 8.78 Å². The van der Waals surface area contributed by atoms with Gasteiger partial charge in [0.2, 0.25) is 11.7 Å². The first-order valence-electron chi connectivity index (χ1n) is 4.20. The molecule has 0 aliphatic carbocycles. The highest BCUT2D eigenvalue weighted by molar-refractivity contribution is 5.28. The third-order valence-corrected chi connectivity index (χ3v) is 1.75. The smallest absolute Gasteiger partial charge is 0.239 e. The Balaban J connectivity index is 2.28. The van der Waals surface area contributed by atoms with E-state index in [2.05, 4.69) is 11.3 Å². The molecule has 0 amide bonds. The van der Waals surface area contributed by atoms with Crippen molar-refractivity contribution in [1.82, 2.24) is 9.78 Å². The standard InChI is InChI=1S/C10H7F2N2O/c1-14-6-5-9(13-14)15-8-4-2-3-7(11)10(8)12/h2-5H,1H3. The van der Waals surface area contributed by atoms with Crippen molar-refractivity contribution in [3.8, 4) is 11.6 Å². The second kappa shape index (κ2) is 3.68. The highest BCUT2D eigenvalue weighted by atomic mass is 19.2. The molecule has 1 radical (unpaired) electrons. The van der Waals surface area contributed by atoms with Crippen molar-refractivity contribution < 1.29 is 13.5 Å². The Labute approximate surface area is 84.9 Å². The molecule has 2 rings (SSSR count). The van der Waals surface area contributed by atoms with Crippen LogP contribution in [-0.4, -0.2) is 9.78 Å². The normalized spacial score (nSPS) is 10.3. The lowest BCUT2D eigenvalue weighted by atomic mass is 10.3. The number of rotatable bonds is 2. The third kappa shape index (κ3) is 1.96. The van der Waals surface area contributed by atoms with E-state index in [9.17, 15) is 8.78 Å². The van der Waals surface area contributed by atoms with Gasteiger partial charge in [0.1, 0.15) is 0 Å². The lowest BCUT2D eigenvalue weighted by Crippen LogP contribution is -1.93. The highest BCUT2D eigenvalue weighted by Crippen LogP contribution is 2.23. The average Bonchev–Trinajstić information content (AvgIpc) is 2.59. The Morgan fingerprint density at radius 3 is 2.87 bits per heavy atom. The SMILES string of the molecule is Cn1[c]cc(Oc2cccc(F)c2F)n1. The number of aryl methyl sites for hydroxylation is 1. The van der Waals surface area contributed by atoms with Crippen molar-refractivity contribution in [2.45, 2.75) is 0 Å². The lowest BCUT2D eigenvalue weighted by molar-refractivity contribution is 0.401. The number of benzene rings is 1. The summed E-state index contributed by atoms with van der Waals surface area (Å²) in [6, 6.07) is 5.14. The van der Waals surface area contributed by atoms with Gasteiger partial charge in [0.15, 0.2) is 11.6 Å². The maximum absolute atomic E-state index is 13.1. The van der Waals surface area contributed by atoms with Crippen molar-refractivity contribution in [2.75, 3.05) is 0 Å². The summed E-state index contributed by atoms with van der Waals surface area (Å²) in [6.07, 6.45) is 2.69. The molecule has 1 aromatic carbocycles. The summed E-state index contributed by atoms with van der Waals surface area (Å²) in [4.78, 5) is 0. The van der Waals surface area contributed by atoms with E-state index in [4.69, 9.17) is 4.74 Å². The highest BCUT2D eigenvalue weighted by Gasteiger charge is 2.10. The van der Waals surface area contributed by atoms with Gasteiger partial charge >= 0.3 is 0 Å². The monoisotopic (exact) mass is 209 g/mol. The zero-order valence-electron chi connectivity index (χ0n) is 7.87. The third-order valence-electron chi connectivity index (χ3n) is 1.75. The van der Waals surface area contributed by atoms with E-state index in [1.165, 1.54) is 22.9 Å². The lowest BCUT2D eigenvalue weighted by Gasteiger charge is -2.03. The molecular weight excluding hydrogens is 202 g/mol. The van der Waals surface area contributed by atoms with Crippen LogP contribution in [0.5, 0.6) is 11.6 Å². The van der Waals surface area contributed by atoms with Gasteiger partial charge in [-0.2, -0.15) is 4.39 Å². The molecule has 0 spiro atoms. The Kier molecular flexibility index (Phi) is 2.37. The van der Waals surface area contributed by atoms with Crippen LogP contribution in [-0.2, 0) is 7.05 Å². The molecular formula is C10H7F2N2O. The van der Waals surface area contributed by atoms with Crippen LogP contribution in [0, 0.1) is 17.8 Å². The number of hydrogen-bond acceptors (Lipinski definition) is 2. The van der Waals surface area contributed by atoms with E-state index in [0.29, 0.717) is 0 Å². The molecule has 0 bridgehead atoms. The second-order valence-corrected chi connectivity index (χ2v) is 2.89. The van der Waals surface area contributed by atoms with Crippen LogP contribution in [0.3, 0.4) is 0 Å². The maximum atomic E-state index is 13.1. The summed E-state index contributed by atoms with van der Waals surface area (Å²) in [6.45, 7) is 0. The van der Waals surface area contributed by atoms with Gasteiger partial charge in [-0.15, -0.1) is 5.10 Å². The first-order valence-corrected chi connectivity index (χ1v) is 4.20. The molecule has 1 heterocycles. The van der Waals surface area contributed by atoms with Gasteiger partial charge in [0.05, 0.1) is 6.20 Å². The van der Waals surface area contributed by atoms with Gasteiger partial charge in [-0.3, -0.25) is 4.68 Å². The van der Waals surface area contributed by atoms with Crippen LogP contribution in [0.2, 0.25) is 0 Å². The molecule has 0 aliphatic rings. The predicted octanol–water partition coefficient (Wildman–Crippen LogP) is 2.29. The predicted molar refractivity (Wildman–Crippen MR) is 48.5 cm³/mol. The topological polar surface area (TPSA) is 27.1 Å². The molecule has 0 saturated carbocycles. The molecule has 2 aromatic rings. The van der Waals surface area contributed by atoms with Crippen molar-refractivity contribution >= 4 is 0 Å². The molecule has 77 valence electrons. The molecule has 15 heavy (non-hydrogen) atoms. The summed E-state index contributed by atoms with van der Waals surface area (Å²) < 4.78 is 32.4. The molecule has 0 atom stereocenters. The summed E-state index contributed by atoms with van der Waals surface area (Å²) in [5.41, 5.74) is 0. The van der Waals surface area contributed by atoms with Gasteiger partial charge in [-0.05, 0) is 12.1 Å². The first kappa shape index (κ1) is 9.64. The van der Waals surface area contributed by atoms with Gasteiger partial charge < -0.3 is 4.74 Å². The molecule has 1 aromatic heterocycles. The summed E-state index contributed by atoms with van der Waals surface area (Å²) in [7, 11) is 1.65. The number of aromatic nitrogens is 2. The number of hydrogen-bond donors (Lipinski definition) is 0. The largest absolute Gasteiger partial charge is 0.434 e. The van der Waals surface area contributed by atoms with Crippen LogP contribution in [0.1, 0.15) is 0 Å². The molecule has 0 saturated heterocycles. The van der Waals surface area contributed by atoms with Gasteiger partial charge in [0, 0.05) is 13.1 Å². The zero-order chi connectivity index (χ0) is 10.8. The van der Waals surface area contributed by atoms with E-state index in [1.54, 1.807) is 7.05 Å². The van der Waals surface area contributed by atoms with E-state index in [-0.39, 0.29) is 11.6 Å². The summed E-state index contributed by atoms with van der Waals surface area (Å²) >= 11 is 0. The fraction of sp³-hybridized carbons (Fsp3) is 0.100. The Morgan fingerprint density at radius 1 is 1.40 bits per heavy atom. The molecule has 0 fully saturated rings. The summed E-state index contributed by atoms with van der Waals surface area (Å²) in [5, 5.41) is 3.83. The van der Waals surface area contributed by atoms with Crippen molar-refractivity contribution in [3.05, 3.63) is 42.1 Å². The fourth-order valence-electron chi connectivity index (χ4n) is 1.08. The minimum Gasteiger partial charge on any atom is -0.434 e. The molecule has 0 N–H and O–H groups in total. The second-order valence-electron chi connectivity index (χ2n) is 2.89. The van der Waals surface area contributed by atoms with E-state index in [1.807, 2.05) is 0 Å². The van der Waals surface area contributed by atoms with Gasteiger partial charge in [-0.25, -0.2) is 4.39 Å². The average molecular weight is 209 g/mol. The minimum atomic E-state index is -1.02. The van der Waals surface area contributed by atoms with Gasteiger partial charge in [0.25, 0.3) is 0 Å². The van der Waals surface area contributed by atoms with Crippen LogP contribution in [0.25, 0.3) is 0 Å². The van der Waals surface area contributed by atoms with E-state index < -0.39 is 11.6 Å². The Morgan fingerprint density at radius 2 is 2.20 bits per heavy atom. The van der Waals surface area contributed by atoms with Crippen LogP contribution in [0.15, 0.2) is 24.3 Å². The van der Waals surface area contributed by atoms with Crippen molar-refractivity contribution in [1.29, 1.82) is 0 Å². The van der Waals surface area contributed by atoms with E-state index >= 15 is 0 Å². The number of nitrogens with zero attached hydrogens (tertiary/aromatic N) is 2. The summed E-state index contributed by atoms with van der Waals surface area (Å²) in [5.74, 6) is -2.00.